The fourth-order valence-corrected chi connectivity index (χ4v) is 3.26. The van der Waals surface area contributed by atoms with Gasteiger partial charge in [-0.1, -0.05) is 11.6 Å². The summed E-state index contributed by atoms with van der Waals surface area (Å²) in [5, 5.41) is 9.80. The van der Waals surface area contributed by atoms with Crippen LogP contribution in [0.3, 0.4) is 0 Å². The summed E-state index contributed by atoms with van der Waals surface area (Å²) in [6.45, 7) is 2.66. The van der Waals surface area contributed by atoms with E-state index in [0.717, 1.165) is 37.5 Å². The largest absolute Gasteiger partial charge is 0.481 e. The topological polar surface area (TPSA) is 53.4 Å². The van der Waals surface area contributed by atoms with Crippen LogP contribution in [0.25, 0.3) is 0 Å². The van der Waals surface area contributed by atoms with Crippen molar-refractivity contribution in [3.63, 3.8) is 0 Å². The average molecular weight is 275 g/mol. The first-order valence-corrected chi connectivity index (χ1v) is 6.87. The highest BCUT2D eigenvalue weighted by Gasteiger charge is 2.22. The third-order valence-electron chi connectivity index (χ3n) is 2.95. The molecule has 0 radical (unpaired) electrons. The predicted molar refractivity (Wildman–Crippen MR) is 67.4 cm³/mol. The number of carbonyl (C=O) groups is 1. The monoisotopic (exact) mass is 274 g/mol. The Morgan fingerprint density at radius 3 is 3.18 bits per heavy atom. The van der Waals surface area contributed by atoms with E-state index >= 15 is 0 Å². The lowest BCUT2D eigenvalue weighted by Gasteiger charge is -2.31. The second-order valence-corrected chi connectivity index (χ2v) is 6.15. The molecule has 0 saturated carbocycles. The molecule has 1 aliphatic heterocycles. The normalized spacial score (nSPS) is 21.6. The summed E-state index contributed by atoms with van der Waals surface area (Å²) in [6, 6.07) is 0. The fraction of sp³-hybridized carbons (Fsp3) is 0.636. The molecule has 94 valence electrons. The summed E-state index contributed by atoms with van der Waals surface area (Å²) < 4.78 is 0.707. The standard InChI is InChI=1S/C11H15ClN2O2S/c12-9-5-13-10(17-9)7-14-3-1-2-8(6-14)4-11(15)16/h5,8H,1-4,6-7H2,(H,15,16). The van der Waals surface area contributed by atoms with Gasteiger partial charge in [0.2, 0.25) is 0 Å². The molecule has 1 aromatic rings. The molecule has 1 fully saturated rings. The van der Waals surface area contributed by atoms with Crippen molar-refractivity contribution < 1.29 is 9.90 Å². The molecule has 6 heteroatoms. The van der Waals surface area contributed by atoms with E-state index in [1.165, 1.54) is 11.3 Å². The SMILES string of the molecule is O=C(O)CC1CCCN(Cc2ncc(Cl)s2)C1. The number of aromatic nitrogens is 1. The van der Waals surface area contributed by atoms with Gasteiger partial charge >= 0.3 is 5.97 Å². The van der Waals surface area contributed by atoms with Crippen LogP contribution >= 0.6 is 22.9 Å². The Kier molecular flexibility index (Phi) is 4.36. The maximum atomic E-state index is 10.7. The number of hydrogen-bond donors (Lipinski definition) is 1. The van der Waals surface area contributed by atoms with Crippen molar-refractivity contribution in [3.8, 4) is 0 Å². The van der Waals surface area contributed by atoms with Crippen LogP contribution in [0.5, 0.6) is 0 Å². The Morgan fingerprint density at radius 2 is 2.53 bits per heavy atom. The molecule has 2 heterocycles. The molecule has 0 spiro atoms. The lowest BCUT2D eigenvalue weighted by Crippen LogP contribution is -2.35. The Balaban J connectivity index is 1.87. The van der Waals surface area contributed by atoms with Crippen molar-refractivity contribution in [2.45, 2.75) is 25.8 Å². The van der Waals surface area contributed by atoms with Gasteiger partial charge in [-0.2, -0.15) is 0 Å². The fourth-order valence-electron chi connectivity index (χ4n) is 2.26. The highest BCUT2D eigenvalue weighted by atomic mass is 35.5. The van der Waals surface area contributed by atoms with E-state index in [0.29, 0.717) is 4.34 Å². The van der Waals surface area contributed by atoms with Crippen LogP contribution in [-0.4, -0.2) is 34.0 Å². The number of thiazole rings is 1. The average Bonchev–Trinajstić information content (AvgIpc) is 2.63. The van der Waals surface area contributed by atoms with Crippen LogP contribution in [0, 0.1) is 5.92 Å². The third-order valence-corrected chi connectivity index (χ3v) is 4.05. The quantitative estimate of drug-likeness (QED) is 0.916. The van der Waals surface area contributed by atoms with Gasteiger partial charge in [0.25, 0.3) is 0 Å². The van der Waals surface area contributed by atoms with E-state index in [2.05, 4.69) is 9.88 Å². The number of aliphatic carboxylic acids is 1. The summed E-state index contributed by atoms with van der Waals surface area (Å²) in [6.07, 6.45) is 4.02. The maximum Gasteiger partial charge on any atom is 0.303 e. The molecule has 1 unspecified atom stereocenters. The number of carboxylic acids is 1. The number of rotatable bonds is 4. The molecular formula is C11H15ClN2O2S. The molecule has 0 bridgehead atoms. The number of likely N-dealkylation sites (tertiary alicyclic amines) is 1. The summed E-state index contributed by atoms with van der Waals surface area (Å²) in [4.78, 5) is 17.2. The van der Waals surface area contributed by atoms with Gasteiger partial charge in [-0.15, -0.1) is 11.3 Å². The van der Waals surface area contributed by atoms with Crippen LogP contribution in [0.15, 0.2) is 6.20 Å². The number of carboxylic acid groups (broad SMARTS) is 1. The number of hydrogen-bond acceptors (Lipinski definition) is 4. The molecule has 1 saturated heterocycles. The van der Waals surface area contributed by atoms with Gasteiger partial charge in [0.05, 0.1) is 12.7 Å². The van der Waals surface area contributed by atoms with Gasteiger partial charge in [-0.05, 0) is 25.3 Å². The second kappa shape index (κ2) is 5.80. The van der Waals surface area contributed by atoms with Gasteiger partial charge in [-0.25, -0.2) is 4.98 Å². The van der Waals surface area contributed by atoms with Gasteiger partial charge in [0.15, 0.2) is 0 Å². The third kappa shape index (κ3) is 3.94. The number of halogens is 1. The molecular weight excluding hydrogens is 260 g/mol. The number of piperidine rings is 1. The van der Waals surface area contributed by atoms with Crippen molar-refractivity contribution in [1.82, 2.24) is 9.88 Å². The minimum absolute atomic E-state index is 0.273. The summed E-state index contributed by atoms with van der Waals surface area (Å²) in [7, 11) is 0. The second-order valence-electron chi connectivity index (χ2n) is 4.40. The lowest BCUT2D eigenvalue weighted by atomic mass is 9.95. The van der Waals surface area contributed by atoms with Crippen molar-refractivity contribution in [2.75, 3.05) is 13.1 Å². The zero-order valence-electron chi connectivity index (χ0n) is 9.43. The molecule has 4 nitrogen and oxygen atoms in total. The summed E-state index contributed by atoms with van der Waals surface area (Å²) in [5.74, 6) is -0.425. The molecule has 17 heavy (non-hydrogen) atoms. The lowest BCUT2D eigenvalue weighted by molar-refractivity contribution is -0.138. The zero-order valence-corrected chi connectivity index (χ0v) is 11.0. The Hall–Kier alpha value is -0.650. The zero-order chi connectivity index (χ0) is 12.3. The smallest absolute Gasteiger partial charge is 0.303 e. The molecule has 1 aromatic heterocycles. The first-order chi connectivity index (χ1) is 8.13. The van der Waals surface area contributed by atoms with Crippen molar-refractivity contribution in [3.05, 3.63) is 15.5 Å². The van der Waals surface area contributed by atoms with Crippen LogP contribution in [0.1, 0.15) is 24.3 Å². The molecule has 1 aliphatic rings. The van der Waals surface area contributed by atoms with E-state index in [9.17, 15) is 4.79 Å². The van der Waals surface area contributed by atoms with Crippen LogP contribution < -0.4 is 0 Å². The Labute approximate surface area is 109 Å². The van der Waals surface area contributed by atoms with Crippen LogP contribution in [0.4, 0.5) is 0 Å². The van der Waals surface area contributed by atoms with Crippen molar-refractivity contribution in [2.24, 2.45) is 5.92 Å². The minimum Gasteiger partial charge on any atom is -0.481 e. The van der Waals surface area contributed by atoms with E-state index in [1.54, 1.807) is 6.20 Å². The number of nitrogens with zero attached hydrogens (tertiary/aromatic N) is 2. The van der Waals surface area contributed by atoms with E-state index in [-0.39, 0.29) is 12.3 Å². The molecule has 1 N–H and O–H groups in total. The van der Waals surface area contributed by atoms with Crippen LogP contribution in [-0.2, 0) is 11.3 Å². The predicted octanol–water partition coefficient (Wildman–Crippen LogP) is 2.48. The van der Waals surface area contributed by atoms with Gasteiger partial charge in [0, 0.05) is 13.0 Å². The first-order valence-electron chi connectivity index (χ1n) is 5.68. The Bertz CT molecular complexity index is 397. The van der Waals surface area contributed by atoms with E-state index < -0.39 is 5.97 Å². The Morgan fingerprint density at radius 1 is 1.71 bits per heavy atom. The van der Waals surface area contributed by atoms with Gasteiger partial charge < -0.3 is 5.11 Å². The van der Waals surface area contributed by atoms with Gasteiger partial charge in [-0.3, -0.25) is 9.69 Å². The van der Waals surface area contributed by atoms with E-state index in [1.807, 2.05) is 0 Å². The minimum atomic E-state index is -0.700. The molecule has 1 atom stereocenters. The van der Waals surface area contributed by atoms with E-state index in [4.69, 9.17) is 16.7 Å². The highest BCUT2D eigenvalue weighted by Crippen LogP contribution is 2.24. The van der Waals surface area contributed by atoms with Crippen LogP contribution in [0.2, 0.25) is 4.34 Å². The van der Waals surface area contributed by atoms with Crippen molar-refractivity contribution >= 4 is 28.9 Å². The summed E-state index contributed by atoms with van der Waals surface area (Å²) in [5.41, 5.74) is 0. The molecule has 0 amide bonds. The van der Waals surface area contributed by atoms with Gasteiger partial charge in [0.1, 0.15) is 9.34 Å². The molecule has 2 rings (SSSR count). The maximum absolute atomic E-state index is 10.7. The molecule has 0 aliphatic carbocycles. The highest BCUT2D eigenvalue weighted by molar-refractivity contribution is 7.15. The summed E-state index contributed by atoms with van der Waals surface area (Å²) >= 11 is 7.33. The first kappa shape index (κ1) is 12.8. The van der Waals surface area contributed by atoms with Crippen molar-refractivity contribution in [1.29, 1.82) is 0 Å². The molecule has 0 aromatic carbocycles.